The molecule has 2 aliphatic carbocycles. The fraction of sp³-hybridized carbons (Fsp3) is 0.950. The zero-order valence-corrected chi connectivity index (χ0v) is 17.0. The number of morpholine rings is 1. The number of aliphatic imine (C=N–C) groups is 1. The second-order valence-corrected chi connectivity index (χ2v) is 8.51. The highest BCUT2D eigenvalue weighted by molar-refractivity contribution is 5.79. The van der Waals surface area contributed by atoms with Crippen LogP contribution in [0.2, 0.25) is 0 Å². The van der Waals surface area contributed by atoms with Crippen molar-refractivity contribution in [2.45, 2.75) is 51.6 Å². The fourth-order valence-corrected chi connectivity index (χ4v) is 3.93. The summed E-state index contributed by atoms with van der Waals surface area (Å²) in [5, 5.41) is 7.09. The van der Waals surface area contributed by atoms with Crippen LogP contribution in [-0.4, -0.2) is 87.4 Å². The normalized spacial score (nSPS) is 23.5. The Morgan fingerprint density at radius 3 is 2.46 bits per heavy atom. The molecule has 2 N–H and O–H groups in total. The number of hydrogen-bond donors (Lipinski definition) is 2. The van der Waals surface area contributed by atoms with E-state index in [-0.39, 0.29) is 0 Å². The van der Waals surface area contributed by atoms with Crippen molar-refractivity contribution in [3.05, 3.63) is 0 Å². The quantitative estimate of drug-likeness (QED) is 0.453. The zero-order chi connectivity index (χ0) is 18.4. The highest BCUT2D eigenvalue weighted by atomic mass is 16.5. The molecule has 3 rings (SSSR count). The third-order valence-electron chi connectivity index (χ3n) is 5.93. The Kier molecular flexibility index (Phi) is 7.58. The lowest BCUT2D eigenvalue weighted by atomic mass is 10.0. The number of hydrogen-bond acceptors (Lipinski definition) is 4. The van der Waals surface area contributed by atoms with Gasteiger partial charge in [0.25, 0.3) is 0 Å². The minimum Gasteiger partial charge on any atom is -0.379 e. The van der Waals surface area contributed by atoms with Gasteiger partial charge in [-0.2, -0.15) is 0 Å². The molecule has 0 bridgehead atoms. The van der Waals surface area contributed by atoms with Gasteiger partial charge in [-0.05, 0) is 37.5 Å². The van der Waals surface area contributed by atoms with Crippen LogP contribution < -0.4 is 10.6 Å². The first kappa shape index (κ1) is 19.9. The number of rotatable bonds is 10. The average molecular weight is 366 g/mol. The smallest absolute Gasteiger partial charge is 0.191 e. The van der Waals surface area contributed by atoms with Crippen molar-refractivity contribution in [1.29, 1.82) is 0 Å². The SMILES string of the molecule is CN=C(NCCN(CC1CC1)C1CC1)NCC(C(C)C)N1CCOCC1. The summed E-state index contributed by atoms with van der Waals surface area (Å²) >= 11 is 0. The standard InChI is InChI=1S/C20H39N5O/c1-16(2)19(24-10-12-26-13-11-24)14-23-20(21-3)22-8-9-25(18-6-7-18)15-17-4-5-17/h16-19H,4-15H2,1-3H3,(H2,21,22,23). The molecule has 1 atom stereocenters. The molecule has 26 heavy (non-hydrogen) atoms. The molecule has 6 heteroatoms. The summed E-state index contributed by atoms with van der Waals surface area (Å²) in [7, 11) is 1.87. The van der Waals surface area contributed by atoms with Gasteiger partial charge >= 0.3 is 0 Å². The molecule has 0 aromatic carbocycles. The van der Waals surface area contributed by atoms with E-state index >= 15 is 0 Å². The Bertz CT molecular complexity index is 441. The summed E-state index contributed by atoms with van der Waals surface area (Å²) in [6.07, 6.45) is 5.68. The van der Waals surface area contributed by atoms with E-state index in [0.29, 0.717) is 12.0 Å². The highest BCUT2D eigenvalue weighted by Crippen LogP contribution is 2.34. The first-order valence-electron chi connectivity index (χ1n) is 10.7. The Balaban J connectivity index is 1.38. The molecule has 150 valence electrons. The highest BCUT2D eigenvalue weighted by Gasteiger charge is 2.33. The molecule has 0 spiro atoms. The molecular weight excluding hydrogens is 326 g/mol. The maximum absolute atomic E-state index is 5.51. The first-order valence-corrected chi connectivity index (χ1v) is 10.7. The van der Waals surface area contributed by atoms with Gasteiger partial charge in [0, 0.05) is 58.4 Å². The third kappa shape index (κ3) is 6.39. The van der Waals surface area contributed by atoms with Crippen LogP contribution in [0.5, 0.6) is 0 Å². The van der Waals surface area contributed by atoms with E-state index in [1.807, 2.05) is 7.05 Å². The number of ether oxygens (including phenoxy) is 1. The number of guanidine groups is 1. The van der Waals surface area contributed by atoms with Gasteiger partial charge in [-0.15, -0.1) is 0 Å². The number of nitrogens with zero attached hydrogens (tertiary/aromatic N) is 3. The number of nitrogens with one attached hydrogen (secondary N) is 2. The topological polar surface area (TPSA) is 52.1 Å². The zero-order valence-electron chi connectivity index (χ0n) is 17.0. The second kappa shape index (κ2) is 9.90. The Morgan fingerprint density at radius 1 is 1.15 bits per heavy atom. The lowest BCUT2D eigenvalue weighted by molar-refractivity contribution is 0.00752. The van der Waals surface area contributed by atoms with Crippen LogP contribution in [0.1, 0.15) is 39.5 Å². The second-order valence-electron chi connectivity index (χ2n) is 8.51. The molecule has 1 unspecified atom stereocenters. The largest absolute Gasteiger partial charge is 0.379 e. The van der Waals surface area contributed by atoms with Gasteiger partial charge in [-0.25, -0.2) is 0 Å². The van der Waals surface area contributed by atoms with Crippen LogP contribution in [0, 0.1) is 11.8 Å². The van der Waals surface area contributed by atoms with Crippen molar-refractivity contribution >= 4 is 5.96 Å². The van der Waals surface area contributed by atoms with Gasteiger partial charge in [0.05, 0.1) is 13.2 Å². The molecule has 3 fully saturated rings. The summed E-state index contributed by atoms with van der Waals surface area (Å²) in [4.78, 5) is 9.68. The van der Waals surface area contributed by atoms with Crippen LogP contribution in [0.3, 0.4) is 0 Å². The van der Waals surface area contributed by atoms with Gasteiger partial charge in [0.1, 0.15) is 0 Å². The van der Waals surface area contributed by atoms with E-state index < -0.39 is 0 Å². The monoisotopic (exact) mass is 365 g/mol. The van der Waals surface area contributed by atoms with E-state index in [1.54, 1.807) is 0 Å². The molecule has 0 radical (unpaired) electrons. The predicted molar refractivity (Wildman–Crippen MR) is 108 cm³/mol. The Labute approximate surface area is 159 Å². The molecule has 0 aromatic heterocycles. The summed E-state index contributed by atoms with van der Waals surface area (Å²) in [6, 6.07) is 1.38. The average Bonchev–Trinajstić information content (AvgIpc) is 3.54. The summed E-state index contributed by atoms with van der Waals surface area (Å²) < 4.78 is 5.51. The molecule has 3 aliphatic rings. The van der Waals surface area contributed by atoms with Gasteiger partial charge in [0.2, 0.25) is 0 Å². The van der Waals surface area contributed by atoms with E-state index in [1.165, 1.54) is 32.2 Å². The molecule has 1 aliphatic heterocycles. The van der Waals surface area contributed by atoms with Crippen molar-refractivity contribution in [3.8, 4) is 0 Å². The maximum Gasteiger partial charge on any atom is 0.191 e. The molecule has 6 nitrogen and oxygen atoms in total. The van der Waals surface area contributed by atoms with Crippen LogP contribution in [0.25, 0.3) is 0 Å². The van der Waals surface area contributed by atoms with Gasteiger partial charge in [-0.3, -0.25) is 14.8 Å². The van der Waals surface area contributed by atoms with Crippen LogP contribution >= 0.6 is 0 Å². The minimum absolute atomic E-state index is 0.523. The molecule has 2 saturated carbocycles. The van der Waals surface area contributed by atoms with E-state index in [9.17, 15) is 0 Å². The van der Waals surface area contributed by atoms with Gasteiger partial charge in [-0.1, -0.05) is 13.8 Å². The van der Waals surface area contributed by atoms with E-state index in [4.69, 9.17) is 4.74 Å². The van der Waals surface area contributed by atoms with E-state index in [2.05, 4.69) is 39.3 Å². The Hall–Kier alpha value is -0.850. The molecule has 0 amide bonds. The predicted octanol–water partition coefficient (Wildman–Crippen LogP) is 1.38. The van der Waals surface area contributed by atoms with Crippen molar-refractivity contribution in [1.82, 2.24) is 20.4 Å². The third-order valence-corrected chi connectivity index (χ3v) is 5.93. The van der Waals surface area contributed by atoms with Crippen LogP contribution in [0.4, 0.5) is 0 Å². The van der Waals surface area contributed by atoms with Crippen molar-refractivity contribution in [3.63, 3.8) is 0 Å². The molecule has 1 heterocycles. The van der Waals surface area contributed by atoms with E-state index in [0.717, 1.165) is 63.9 Å². The van der Waals surface area contributed by atoms with Crippen molar-refractivity contribution in [2.24, 2.45) is 16.8 Å². The minimum atomic E-state index is 0.523. The Morgan fingerprint density at radius 2 is 1.88 bits per heavy atom. The van der Waals surface area contributed by atoms with Crippen molar-refractivity contribution in [2.75, 3.05) is 59.5 Å². The summed E-state index contributed by atoms with van der Waals surface area (Å²) in [5.41, 5.74) is 0. The summed E-state index contributed by atoms with van der Waals surface area (Å²) in [6.45, 7) is 12.8. The molecular formula is C20H39N5O. The lowest BCUT2D eigenvalue weighted by Crippen LogP contribution is -2.53. The fourth-order valence-electron chi connectivity index (χ4n) is 3.93. The molecule has 1 saturated heterocycles. The van der Waals surface area contributed by atoms with Gasteiger partial charge in [0.15, 0.2) is 5.96 Å². The van der Waals surface area contributed by atoms with Crippen molar-refractivity contribution < 1.29 is 4.74 Å². The van der Waals surface area contributed by atoms with Crippen LogP contribution in [-0.2, 0) is 4.74 Å². The maximum atomic E-state index is 5.51. The lowest BCUT2D eigenvalue weighted by Gasteiger charge is -2.37. The summed E-state index contributed by atoms with van der Waals surface area (Å²) in [5.74, 6) is 2.53. The van der Waals surface area contributed by atoms with Crippen LogP contribution in [0.15, 0.2) is 4.99 Å². The first-order chi connectivity index (χ1) is 12.7. The van der Waals surface area contributed by atoms with Gasteiger partial charge < -0.3 is 15.4 Å². The molecule has 0 aromatic rings.